The molecule has 1 aliphatic rings. The van der Waals surface area contributed by atoms with Crippen LogP contribution in [-0.2, 0) is 0 Å². The molecule has 90 valence electrons. The first-order valence-corrected chi connectivity index (χ1v) is 6.14. The Bertz CT molecular complexity index is 480. The number of hydrogen-bond acceptors (Lipinski definition) is 3. The smallest absolute Gasteiger partial charge is 0.161 e. The van der Waals surface area contributed by atoms with E-state index in [-0.39, 0.29) is 22.1 Å². The normalized spacial score (nSPS) is 16.4. The number of nitrogens with zero attached hydrogens (tertiary/aromatic N) is 1. The van der Waals surface area contributed by atoms with Gasteiger partial charge < -0.3 is 10.4 Å². The maximum atomic E-state index is 13.8. The molecule has 0 heterocycles. The molecular weight excluding hydrogens is 287 g/mol. The third kappa shape index (κ3) is 2.43. The van der Waals surface area contributed by atoms with Crippen molar-refractivity contribution < 1.29 is 9.50 Å². The number of aliphatic hydroxyl groups is 1. The third-order valence-electron chi connectivity index (χ3n) is 3.15. The van der Waals surface area contributed by atoms with Gasteiger partial charge in [0.15, 0.2) is 5.82 Å². The van der Waals surface area contributed by atoms with Crippen LogP contribution in [0.1, 0.15) is 18.4 Å². The first kappa shape index (κ1) is 12.3. The van der Waals surface area contributed by atoms with E-state index >= 15 is 0 Å². The molecule has 0 unspecified atom stereocenters. The number of hydrogen-bond donors (Lipinski definition) is 2. The summed E-state index contributed by atoms with van der Waals surface area (Å²) in [5.41, 5.74) is 0.555. The van der Waals surface area contributed by atoms with Gasteiger partial charge in [-0.2, -0.15) is 5.26 Å². The van der Waals surface area contributed by atoms with Gasteiger partial charge in [0.1, 0.15) is 6.07 Å². The van der Waals surface area contributed by atoms with E-state index in [1.807, 2.05) is 6.07 Å². The molecule has 0 spiro atoms. The lowest BCUT2D eigenvalue weighted by Gasteiger charge is -2.15. The Morgan fingerprint density at radius 1 is 1.53 bits per heavy atom. The number of nitriles is 1. The fraction of sp³-hybridized carbons (Fsp3) is 0.417. The van der Waals surface area contributed by atoms with Crippen LogP contribution in [0.4, 0.5) is 10.1 Å². The molecule has 17 heavy (non-hydrogen) atoms. The second-order valence-corrected chi connectivity index (χ2v) is 5.21. The Morgan fingerprint density at radius 3 is 2.76 bits per heavy atom. The highest BCUT2D eigenvalue weighted by molar-refractivity contribution is 9.10. The van der Waals surface area contributed by atoms with Gasteiger partial charge in [-0.1, -0.05) is 0 Å². The molecule has 0 bridgehead atoms. The summed E-state index contributed by atoms with van der Waals surface area (Å²) in [6, 6.07) is 5.02. The van der Waals surface area contributed by atoms with Crippen molar-refractivity contribution in [1.82, 2.24) is 0 Å². The van der Waals surface area contributed by atoms with Crippen molar-refractivity contribution in [3.05, 3.63) is 28.0 Å². The zero-order valence-electron chi connectivity index (χ0n) is 9.13. The van der Waals surface area contributed by atoms with Gasteiger partial charge >= 0.3 is 0 Å². The first-order chi connectivity index (χ1) is 8.12. The molecule has 0 saturated heterocycles. The second-order valence-electron chi connectivity index (χ2n) is 4.41. The highest BCUT2D eigenvalue weighted by Crippen LogP contribution is 2.45. The Balaban J connectivity index is 2.12. The van der Waals surface area contributed by atoms with Gasteiger partial charge in [0, 0.05) is 12.0 Å². The minimum absolute atomic E-state index is 0.0766. The average molecular weight is 299 g/mol. The number of halogens is 2. The fourth-order valence-corrected chi connectivity index (χ4v) is 2.06. The van der Waals surface area contributed by atoms with Gasteiger partial charge in [-0.25, -0.2) is 4.39 Å². The molecule has 1 saturated carbocycles. The van der Waals surface area contributed by atoms with Crippen molar-refractivity contribution in [3.63, 3.8) is 0 Å². The third-order valence-corrected chi connectivity index (χ3v) is 3.92. The number of nitrogens with one attached hydrogen (secondary N) is 1. The van der Waals surface area contributed by atoms with Gasteiger partial charge in [-0.05, 0) is 40.9 Å². The predicted octanol–water partition coefficient (Wildman–Crippen LogP) is 2.64. The van der Waals surface area contributed by atoms with Crippen LogP contribution in [-0.4, -0.2) is 18.3 Å². The highest BCUT2D eigenvalue weighted by atomic mass is 79.9. The van der Waals surface area contributed by atoms with Crippen LogP contribution in [0.2, 0.25) is 0 Å². The van der Waals surface area contributed by atoms with E-state index in [1.54, 1.807) is 12.1 Å². The lowest BCUT2D eigenvalue weighted by Crippen LogP contribution is -2.19. The summed E-state index contributed by atoms with van der Waals surface area (Å²) < 4.78 is 14.0. The molecule has 1 aliphatic carbocycles. The summed E-state index contributed by atoms with van der Waals surface area (Å²) >= 11 is 3.06. The molecule has 0 radical (unpaired) electrons. The van der Waals surface area contributed by atoms with Crippen LogP contribution >= 0.6 is 15.9 Å². The Labute approximate surface area is 107 Å². The van der Waals surface area contributed by atoms with E-state index in [4.69, 9.17) is 10.4 Å². The van der Waals surface area contributed by atoms with Crippen LogP contribution in [0.3, 0.4) is 0 Å². The zero-order chi connectivity index (χ0) is 12.5. The molecule has 1 aromatic carbocycles. The molecule has 5 heteroatoms. The SMILES string of the molecule is N#Cc1ccc(NCC2(CO)CC2)c(F)c1Br. The summed E-state index contributed by atoms with van der Waals surface area (Å²) in [6.45, 7) is 0.678. The molecule has 1 aromatic rings. The lowest BCUT2D eigenvalue weighted by atomic mass is 10.1. The van der Waals surface area contributed by atoms with Crippen molar-refractivity contribution in [2.24, 2.45) is 5.41 Å². The summed E-state index contributed by atoms with van der Waals surface area (Å²) in [5, 5.41) is 20.9. The van der Waals surface area contributed by atoms with Crippen molar-refractivity contribution in [2.45, 2.75) is 12.8 Å². The number of benzene rings is 1. The molecule has 0 aliphatic heterocycles. The van der Waals surface area contributed by atoms with E-state index in [2.05, 4.69) is 21.2 Å². The minimum atomic E-state index is -0.460. The van der Waals surface area contributed by atoms with Crippen molar-refractivity contribution in [2.75, 3.05) is 18.5 Å². The standard InChI is InChI=1S/C12H12BrFN2O/c13-10-8(5-15)1-2-9(11(10)14)16-6-12(7-17)3-4-12/h1-2,16-17H,3-4,6-7H2. The average Bonchev–Trinajstić information content (AvgIpc) is 3.12. The van der Waals surface area contributed by atoms with Gasteiger partial charge in [0.2, 0.25) is 0 Å². The zero-order valence-corrected chi connectivity index (χ0v) is 10.7. The second kappa shape index (κ2) is 4.63. The van der Waals surface area contributed by atoms with Crippen LogP contribution in [0.25, 0.3) is 0 Å². The monoisotopic (exact) mass is 298 g/mol. The Kier molecular flexibility index (Phi) is 3.36. The molecule has 0 amide bonds. The molecule has 2 rings (SSSR count). The van der Waals surface area contributed by atoms with Crippen molar-refractivity contribution >= 4 is 21.6 Å². The van der Waals surface area contributed by atoms with Gasteiger partial charge in [-0.15, -0.1) is 0 Å². The number of anilines is 1. The molecule has 3 nitrogen and oxygen atoms in total. The van der Waals surface area contributed by atoms with E-state index in [9.17, 15) is 4.39 Å². The van der Waals surface area contributed by atoms with E-state index in [0.717, 1.165) is 12.8 Å². The topological polar surface area (TPSA) is 56.0 Å². The van der Waals surface area contributed by atoms with Crippen molar-refractivity contribution in [3.8, 4) is 6.07 Å². The Hall–Kier alpha value is -1.12. The van der Waals surface area contributed by atoms with Crippen LogP contribution in [0.5, 0.6) is 0 Å². The minimum Gasteiger partial charge on any atom is -0.396 e. The summed E-state index contributed by atoms with van der Waals surface area (Å²) in [6.07, 6.45) is 1.94. The predicted molar refractivity (Wildman–Crippen MR) is 66.1 cm³/mol. The van der Waals surface area contributed by atoms with Crippen LogP contribution < -0.4 is 5.32 Å². The largest absolute Gasteiger partial charge is 0.396 e. The van der Waals surface area contributed by atoms with E-state index in [1.165, 1.54) is 0 Å². The molecule has 1 fully saturated rings. The first-order valence-electron chi connectivity index (χ1n) is 5.35. The number of rotatable bonds is 4. The number of aliphatic hydroxyl groups excluding tert-OH is 1. The summed E-state index contributed by atoms with van der Waals surface area (Å²) in [4.78, 5) is 0. The van der Waals surface area contributed by atoms with Crippen LogP contribution in [0, 0.1) is 22.6 Å². The maximum Gasteiger partial charge on any atom is 0.161 e. The highest BCUT2D eigenvalue weighted by Gasteiger charge is 2.41. The molecule has 0 atom stereocenters. The quantitative estimate of drug-likeness (QED) is 0.898. The van der Waals surface area contributed by atoms with Crippen LogP contribution in [0.15, 0.2) is 16.6 Å². The van der Waals surface area contributed by atoms with Gasteiger partial charge in [0.05, 0.1) is 22.3 Å². The lowest BCUT2D eigenvalue weighted by molar-refractivity contribution is 0.219. The van der Waals surface area contributed by atoms with Gasteiger partial charge in [0.25, 0.3) is 0 Å². The Morgan fingerprint density at radius 2 is 2.24 bits per heavy atom. The fourth-order valence-electron chi connectivity index (χ4n) is 1.62. The van der Waals surface area contributed by atoms with Crippen molar-refractivity contribution in [1.29, 1.82) is 5.26 Å². The molecular formula is C12H12BrFN2O. The van der Waals surface area contributed by atoms with Gasteiger partial charge in [-0.3, -0.25) is 0 Å². The maximum absolute atomic E-state index is 13.8. The van der Waals surface area contributed by atoms with E-state index < -0.39 is 5.82 Å². The molecule has 0 aromatic heterocycles. The summed E-state index contributed by atoms with van der Waals surface area (Å²) in [5.74, 6) is -0.460. The summed E-state index contributed by atoms with van der Waals surface area (Å²) in [7, 11) is 0. The van der Waals surface area contributed by atoms with E-state index in [0.29, 0.717) is 12.2 Å². The molecule has 2 N–H and O–H groups in total.